The van der Waals surface area contributed by atoms with Gasteiger partial charge in [0.15, 0.2) is 5.69 Å². The molecule has 3 aromatic rings. The lowest BCUT2D eigenvalue weighted by molar-refractivity contribution is -0.137. The molecule has 1 heterocycles. The lowest BCUT2D eigenvalue weighted by Gasteiger charge is -2.20. The number of carbonyl (C=O) groups excluding carboxylic acids is 2. The predicted octanol–water partition coefficient (Wildman–Crippen LogP) is 2.95. The number of anilines is 1. The lowest BCUT2D eigenvalue weighted by atomic mass is 9.98. The number of carboxylic acids is 1. The molecule has 0 fully saturated rings. The van der Waals surface area contributed by atoms with Crippen molar-refractivity contribution in [1.29, 1.82) is 0 Å². The maximum absolute atomic E-state index is 13.0. The number of carbonyl (C=O) groups is 3. The van der Waals surface area contributed by atoms with Crippen LogP contribution in [0.15, 0.2) is 54.7 Å². The fourth-order valence-corrected chi connectivity index (χ4v) is 4.25. The quantitative estimate of drug-likeness (QED) is 0.485. The second kappa shape index (κ2) is 10.4. The number of ether oxygens (including phenoxy) is 2. The molecular formula is C25H26N4O6. The van der Waals surface area contributed by atoms with Crippen LogP contribution in [0, 0.1) is 0 Å². The number of carboxylic acid groups (broad SMARTS) is 1. The van der Waals surface area contributed by atoms with Gasteiger partial charge in [-0.25, -0.2) is 4.79 Å². The lowest BCUT2D eigenvalue weighted by Crippen LogP contribution is -2.38. The summed E-state index contributed by atoms with van der Waals surface area (Å²) in [6.07, 6.45) is 0.722. The number of amides is 2. The van der Waals surface area contributed by atoms with Crippen molar-refractivity contribution in [3.8, 4) is 11.1 Å². The molecule has 10 heteroatoms. The van der Waals surface area contributed by atoms with Crippen molar-refractivity contribution in [2.75, 3.05) is 38.7 Å². The monoisotopic (exact) mass is 478 g/mol. The number of hydrogen-bond acceptors (Lipinski definition) is 6. The van der Waals surface area contributed by atoms with Gasteiger partial charge in [-0.2, -0.15) is 5.10 Å². The zero-order valence-electron chi connectivity index (χ0n) is 19.4. The van der Waals surface area contributed by atoms with Crippen LogP contribution in [0.4, 0.5) is 10.5 Å². The van der Waals surface area contributed by atoms with Gasteiger partial charge in [-0.1, -0.05) is 48.5 Å². The molecule has 0 bridgehead atoms. The van der Waals surface area contributed by atoms with E-state index in [2.05, 4.69) is 10.4 Å². The number of rotatable bonds is 9. The molecule has 0 unspecified atom stereocenters. The van der Waals surface area contributed by atoms with Crippen molar-refractivity contribution in [3.05, 3.63) is 71.5 Å². The number of nitrogens with one attached hydrogen (secondary N) is 1. The highest BCUT2D eigenvalue weighted by Gasteiger charge is 2.30. The molecule has 1 aliphatic rings. The van der Waals surface area contributed by atoms with Gasteiger partial charge in [0.25, 0.3) is 5.91 Å². The number of benzene rings is 2. The molecule has 35 heavy (non-hydrogen) atoms. The Balaban J connectivity index is 1.47. The van der Waals surface area contributed by atoms with Gasteiger partial charge in [0, 0.05) is 32.8 Å². The Kier molecular flexibility index (Phi) is 7.11. The highest BCUT2D eigenvalue weighted by molar-refractivity contribution is 6.01. The van der Waals surface area contributed by atoms with Crippen LogP contribution in [0.3, 0.4) is 0 Å². The summed E-state index contributed by atoms with van der Waals surface area (Å²) in [5, 5.41) is 15.9. The molecule has 0 radical (unpaired) electrons. The Labute approximate surface area is 202 Å². The maximum atomic E-state index is 13.0. The molecule has 2 N–H and O–H groups in total. The van der Waals surface area contributed by atoms with Crippen LogP contribution >= 0.6 is 0 Å². The summed E-state index contributed by atoms with van der Waals surface area (Å²) in [5.74, 6) is -1.92. The van der Waals surface area contributed by atoms with E-state index in [4.69, 9.17) is 14.6 Å². The molecule has 0 saturated carbocycles. The number of hydrogen-bond donors (Lipinski definition) is 2. The summed E-state index contributed by atoms with van der Waals surface area (Å²) < 4.78 is 11.9. The minimum Gasteiger partial charge on any atom is -0.480 e. The van der Waals surface area contributed by atoms with Crippen molar-refractivity contribution >= 4 is 23.7 Å². The highest BCUT2D eigenvalue weighted by atomic mass is 16.5. The Hall–Kier alpha value is -4.18. The molecule has 2 aromatic carbocycles. The minimum atomic E-state index is -1.17. The first-order valence-electron chi connectivity index (χ1n) is 11.0. The van der Waals surface area contributed by atoms with Gasteiger partial charge in [-0.15, -0.1) is 0 Å². The summed E-state index contributed by atoms with van der Waals surface area (Å²) in [6.45, 7) is -0.199. The molecule has 1 aliphatic carbocycles. The van der Waals surface area contributed by atoms with E-state index in [-0.39, 0.29) is 37.1 Å². The number of aliphatic carboxylic acids is 1. The van der Waals surface area contributed by atoms with Crippen LogP contribution in [0.5, 0.6) is 0 Å². The van der Waals surface area contributed by atoms with E-state index in [0.717, 1.165) is 27.2 Å². The van der Waals surface area contributed by atoms with Gasteiger partial charge >= 0.3 is 12.1 Å². The number of fused-ring (bicyclic) bond motifs is 3. The molecule has 1 aromatic heterocycles. The highest BCUT2D eigenvalue weighted by Crippen LogP contribution is 2.44. The summed E-state index contributed by atoms with van der Waals surface area (Å²) in [4.78, 5) is 38.0. The van der Waals surface area contributed by atoms with Gasteiger partial charge in [-0.3, -0.25) is 19.6 Å². The van der Waals surface area contributed by atoms with Crippen molar-refractivity contribution in [3.63, 3.8) is 0 Å². The van der Waals surface area contributed by atoms with Crippen LogP contribution < -0.4 is 5.32 Å². The van der Waals surface area contributed by atoms with Crippen molar-refractivity contribution < 1.29 is 29.0 Å². The normalized spacial score (nSPS) is 12.1. The second-order valence-electron chi connectivity index (χ2n) is 8.13. The molecule has 0 aliphatic heterocycles. The van der Waals surface area contributed by atoms with E-state index in [1.165, 1.54) is 18.0 Å². The van der Waals surface area contributed by atoms with E-state index in [0.29, 0.717) is 0 Å². The van der Waals surface area contributed by atoms with E-state index in [1.807, 2.05) is 48.5 Å². The van der Waals surface area contributed by atoms with E-state index in [1.54, 1.807) is 7.05 Å². The Morgan fingerprint density at radius 3 is 2.31 bits per heavy atom. The van der Waals surface area contributed by atoms with Crippen LogP contribution in [0.25, 0.3) is 11.1 Å². The van der Waals surface area contributed by atoms with E-state index < -0.39 is 24.5 Å². The fourth-order valence-electron chi connectivity index (χ4n) is 4.25. The van der Waals surface area contributed by atoms with E-state index >= 15 is 0 Å². The Morgan fingerprint density at radius 2 is 1.71 bits per heavy atom. The fraction of sp³-hybridized carbons (Fsp3) is 0.280. The van der Waals surface area contributed by atoms with Gasteiger partial charge < -0.3 is 19.5 Å². The average molecular weight is 479 g/mol. The van der Waals surface area contributed by atoms with Crippen molar-refractivity contribution in [1.82, 2.24) is 14.7 Å². The average Bonchev–Trinajstić information content (AvgIpc) is 3.37. The van der Waals surface area contributed by atoms with Gasteiger partial charge in [-0.05, 0) is 22.3 Å². The molecule has 0 atom stereocenters. The first-order chi connectivity index (χ1) is 16.9. The third kappa shape index (κ3) is 5.17. The Morgan fingerprint density at radius 1 is 1.09 bits per heavy atom. The molecule has 2 amide bonds. The molecule has 4 rings (SSSR count). The summed E-state index contributed by atoms with van der Waals surface area (Å²) in [7, 11) is 3.05. The van der Waals surface area contributed by atoms with Crippen LogP contribution in [0.1, 0.15) is 27.5 Å². The predicted molar refractivity (Wildman–Crippen MR) is 127 cm³/mol. The number of aromatic nitrogens is 2. The second-order valence-corrected chi connectivity index (χ2v) is 8.13. The van der Waals surface area contributed by atoms with Crippen molar-refractivity contribution in [2.45, 2.75) is 5.92 Å². The maximum Gasteiger partial charge on any atom is 0.411 e. The van der Waals surface area contributed by atoms with Gasteiger partial charge in [0.2, 0.25) is 0 Å². The molecule has 10 nitrogen and oxygen atoms in total. The first-order valence-corrected chi connectivity index (χ1v) is 11.0. The zero-order valence-corrected chi connectivity index (χ0v) is 19.4. The van der Waals surface area contributed by atoms with Gasteiger partial charge in [0.05, 0.1) is 12.3 Å². The largest absolute Gasteiger partial charge is 0.480 e. The smallest absolute Gasteiger partial charge is 0.411 e. The molecule has 0 saturated heterocycles. The third-order valence-electron chi connectivity index (χ3n) is 5.79. The van der Waals surface area contributed by atoms with Crippen LogP contribution in [-0.4, -0.2) is 71.2 Å². The van der Waals surface area contributed by atoms with Crippen LogP contribution in [-0.2, 0) is 21.3 Å². The standard InChI is InChI=1S/C25H26N4O6/c1-28-13-21(23(27-28)24(32)29(11-12-34-2)14-22(30)31)26-25(33)35-15-20-18-9-5-3-7-16(18)17-8-4-6-10-19(17)20/h3-10,13,20H,11-12,14-15H2,1-2H3,(H,26,33)(H,30,31). The summed E-state index contributed by atoms with van der Waals surface area (Å²) in [6, 6.07) is 16.0. The SMILES string of the molecule is COCCN(CC(=O)O)C(=O)c1nn(C)cc1NC(=O)OCC1c2ccccc2-c2ccccc21. The molecular weight excluding hydrogens is 452 g/mol. The number of methoxy groups -OCH3 is 1. The Bertz CT molecular complexity index is 1210. The zero-order chi connectivity index (χ0) is 24.9. The summed E-state index contributed by atoms with van der Waals surface area (Å²) in [5.41, 5.74) is 4.45. The molecule has 0 spiro atoms. The molecule has 182 valence electrons. The topological polar surface area (TPSA) is 123 Å². The van der Waals surface area contributed by atoms with Crippen molar-refractivity contribution in [2.24, 2.45) is 7.05 Å². The number of aryl methyl sites for hydroxylation is 1. The van der Waals surface area contributed by atoms with E-state index in [9.17, 15) is 14.4 Å². The first kappa shape index (κ1) is 24.0. The minimum absolute atomic E-state index is 0.0581. The van der Waals surface area contributed by atoms with Gasteiger partial charge in [0.1, 0.15) is 13.2 Å². The van der Waals surface area contributed by atoms with Crippen LogP contribution in [0.2, 0.25) is 0 Å². The number of nitrogens with zero attached hydrogens (tertiary/aromatic N) is 3. The third-order valence-corrected chi connectivity index (χ3v) is 5.79. The summed E-state index contributed by atoms with van der Waals surface area (Å²) >= 11 is 0.